The van der Waals surface area contributed by atoms with E-state index in [4.69, 9.17) is 15.5 Å². The zero-order valence-corrected chi connectivity index (χ0v) is 16.9. The number of ether oxygens (including phenoxy) is 1. The smallest absolute Gasteiger partial charge is 0.262 e. The lowest BCUT2D eigenvalue weighted by molar-refractivity contribution is -0.122. The molecule has 0 radical (unpaired) electrons. The third kappa shape index (κ3) is 4.74. The molecule has 0 aliphatic carbocycles. The Kier molecular flexibility index (Phi) is 5.97. The van der Waals surface area contributed by atoms with Gasteiger partial charge in [0.25, 0.3) is 5.91 Å². The van der Waals surface area contributed by atoms with Gasteiger partial charge in [-0.1, -0.05) is 24.3 Å². The number of amides is 2. The van der Waals surface area contributed by atoms with E-state index < -0.39 is 11.7 Å². The third-order valence-electron chi connectivity index (χ3n) is 5.40. The fraction of sp³-hybridized carbons (Fsp3) is 0.261. The number of hydrogen-bond donors (Lipinski definition) is 2. The van der Waals surface area contributed by atoms with Crippen LogP contribution in [0.4, 0.5) is 15.9 Å². The van der Waals surface area contributed by atoms with Gasteiger partial charge in [0.2, 0.25) is 5.91 Å². The second-order valence-corrected chi connectivity index (χ2v) is 7.48. The van der Waals surface area contributed by atoms with Gasteiger partial charge in [0.1, 0.15) is 22.9 Å². The van der Waals surface area contributed by atoms with Crippen molar-refractivity contribution < 1.29 is 18.7 Å². The first kappa shape index (κ1) is 20.6. The van der Waals surface area contributed by atoms with Gasteiger partial charge in [0.05, 0.1) is 5.69 Å². The van der Waals surface area contributed by atoms with Gasteiger partial charge in [-0.25, -0.2) is 9.37 Å². The topological polar surface area (TPSA) is 97.5 Å². The number of halogens is 1. The Hall–Kier alpha value is -3.68. The van der Waals surface area contributed by atoms with Crippen molar-refractivity contribution in [1.29, 1.82) is 0 Å². The minimum atomic E-state index is -0.507. The number of fused-ring (bicyclic) bond motifs is 1. The average molecular weight is 422 g/mol. The van der Waals surface area contributed by atoms with Crippen LogP contribution in [0.5, 0.6) is 5.75 Å². The first-order valence-corrected chi connectivity index (χ1v) is 10.1. The summed E-state index contributed by atoms with van der Waals surface area (Å²) in [7, 11) is 0. The van der Waals surface area contributed by atoms with Crippen molar-refractivity contribution in [1.82, 2.24) is 4.98 Å². The summed E-state index contributed by atoms with van der Waals surface area (Å²) < 4.78 is 19.4. The van der Waals surface area contributed by atoms with E-state index in [-0.39, 0.29) is 24.1 Å². The van der Waals surface area contributed by atoms with Crippen molar-refractivity contribution in [2.45, 2.75) is 12.8 Å². The zero-order chi connectivity index (χ0) is 21.8. The van der Waals surface area contributed by atoms with E-state index in [1.165, 1.54) is 12.1 Å². The monoisotopic (exact) mass is 422 g/mol. The molecule has 0 spiro atoms. The lowest BCUT2D eigenvalue weighted by Crippen LogP contribution is -2.38. The number of primary amides is 1. The summed E-state index contributed by atoms with van der Waals surface area (Å²) in [6, 6.07) is 15.3. The number of para-hydroxylation sites is 2. The van der Waals surface area contributed by atoms with E-state index in [0.29, 0.717) is 37.2 Å². The van der Waals surface area contributed by atoms with Crippen molar-refractivity contribution in [3.8, 4) is 5.75 Å². The summed E-state index contributed by atoms with van der Waals surface area (Å²) in [6.45, 7) is 1.11. The molecule has 31 heavy (non-hydrogen) atoms. The SMILES string of the molecule is NC(=O)C1CCN(c2ccc3cccc(OCC(=O)Nc4ccccc4F)c3n2)CC1. The Morgan fingerprint density at radius 2 is 1.87 bits per heavy atom. The molecular formula is C23H23FN4O3. The van der Waals surface area contributed by atoms with Gasteiger partial charge < -0.3 is 20.7 Å². The number of hydrogen-bond acceptors (Lipinski definition) is 5. The predicted molar refractivity (Wildman–Crippen MR) is 116 cm³/mol. The number of rotatable bonds is 6. The minimum absolute atomic E-state index is 0.0939. The molecule has 2 amide bonds. The van der Waals surface area contributed by atoms with Crippen LogP contribution in [0.1, 0.15) is 12.8 Å². The maximum atomic E-state index is 13.7. The molecule has 160 valence electrons. The summed E-state index contributed by atoms with van der Waals surface area (Å²) in [4.78, 5) is 30.5. The molecule has 3 N–H and O–H groups in total. The molecule has 1 aliphatic heterocycles. The predicted octanol–water partition coefficient (Wildman–Crippen LogP) is 3.09. The minimum Gasteiger partial charge on any atom is -0.481 e. The van der Waals surface area contributed by atoms with Crippen molar-refractivity contribution in [3.05, 3.63) is 60.4 Å². The van der Waals surface area contributed by atoms with Crippen LogP contribution in [0, 0.1) is 11.7 Å². The second kappa shape index (κ2) is 8.99. The Labute approximate surface area is 179 Å². The molecule has 2 aromatic carbocycles. The third-order valence-corrected chi connectivity index (χ3v) is 5.40. The number of aromatic nitrogens is 1. The number of nitrogens with zero attached hydrogens (tertiary/aromatic N) is 2. The summed E-state index contributed by atoms with van der Waals surface area (Å²) in [5.74, 6) is -0.0735. The van der Waals surface area contributed by atoms with Gasteiger partial charge in [-0.15, -0.1) is 0 Å². The summed E-state index contributed by atoms with van der Waals surface area (Å²) >= 11 is 0. The quantitative estimate of drug-likeness (QED) is 0.636. The molecule has 0 saturated carbocycles. The van der Waals surface area contributed by atoms with Crippen LogP contribution >= 0.6 is 0 Å². The van der Waals surface area contributed by atoms with Crippen molar-refractivity contribution >= 4 is 34.2 Å². The molecule has 1 aromatic heterocycles. The Morgan fingerprint density at radius 3 is 2.61 bits per heavy atom. The summed E-state index contributed by atoms with van der Waals surface area (Å²) in [5.41, 5.74) is 6.16. The van der Waals surface area contributed by atoms with E-state index >= 15 is 0 Å². The van der Waals surface area contributed by atoms with Gasteiger partial charge in [0, 0.05) is 24.4 Å². The molecular weight excluding hydrogens is 399 g/mol. The first-order chi connectivity index (χ1) is 15.0. The van der Waals surface area contributed by atoms with Gasteiger partial charge in [-0.2, -0.15) is 0 Å². The molecule has 7 nitrogen and oxygen atoms in total. The number of carbonyl (C=O) groups excluding carboxylic acids is 2. The zero-order valence-electron chi connectivity index (χ0n) is 16.9. The maximum Gasteiger partial charge on any atom is 0.262 e. The van der Waals surface area contributed by atoms with Crippen LogP contribution in [0.25, 0.3) is 10.9 Å². The van der Waals surface area contributed by atoms with E-state index in [1.54, 1.807) is 18.2 Å². The van der Waals surface area contributed by atoms with E-state index in [1.807, 2.05) is 24.3 Å². The van der Waals surface area contributed by atoms with Crippen LogP contribution in [0.15, 0.2) is 54.6 Å². The second-order valence-electron chi connectivity index (χ2n) is 7.48. The molecule has 8 heteroatoms. The molecule has 0 unspecified atom stereocenters. The van der Waals surface area contributed by atoms with Crippen molar-refractivity contribution in [2.24, 2.45) is 11.7 Å². The number of benzene rings is 2. The average Bonchev–Trinajstić information content (AvgIpc) is 2.79. The van der Waals surface area contributed by atoms with Crippen LogP contribution in [0.2, 0.25) is 0 Å². The highest BCUT2D eigenvalue weighted by Crippen LogP contribution is 2.28. The molecule has 0 bridgehead atoms. The molecule has 0 atom stereocenters. The highest BCUT2D eigenvalue weighted by molar-refractivity contribution is 5.92. The lowest BCUT2D eigenvalue weighted by atomic mass is 9.96. The van der Waals surface area contributed by atoms with Crippen LogP contribution in [0.3, 0.4) is 0 Å². The molecule has 2 heterocycles. The summed E-state index contributed by atoms with van der Waals surface area (Å²) in [5, 5.41) is 3.38. The number of carbonyl (C=O) groups is 2. The van der Waals surface area contributed by atoms with Crippen molar-refractivity contribution in [3.63, 3.8) is 0 Å². The lowest BCUT2D eigenvalue weighted by Gasteiger charge is -2.31. The molecule has 1 saturated heterocycles. The molecule has 4 rings (SSSR count). The van der Waals surface area contributed by atoms with Crippen LogP contribution in [-0.4, -0.2) is 36.5 Å². The number of anilines is 2. The van der Waals surface area contributed by atoms with Gasteiger partial charge in [-0.05, 0) is 43.2 Å². The standard InChI is InChI=1S/C23H23FN4O3/c24-17-5-1-2-6-18(17)26-21(29)14-31-19-7-3-4-15-8-9-20(27-22(15)19)28-12-10-16(11-13-28)23(25)30/h1-9,16H,10-14H2,(H2,25,30)(H,26,29). The molecule has 1 fully saturated rings. The van der Waals surface area contributed by atoms with Crippen molar-refractivity contribution in [2.75, 3.05) is 29.9 Å². The van der Waals surface area contributed by atoms with E-state index in [9.17, 15) is 14.0 Å². The number of nitrogens with one attached hydrogen (secondary N) is 1. The van der Waals surface area contributed by atoms with Gasteiger partial charge in [-0.3, -0.25) is 9.59 Å². The molecule has 3 aromatic rings. The van der Waals surface area contributed by atoms with Gasteiger partial charge in [0.15, 0.2) is 6.61 Å². The number of nitrogens with two attached hydrogens (primary N) is 1. The van der Waals surface area contributed by atoms with E-state index in [2.05, 4.69) is 10.2 Å². The first-order valence-electron chi connectivity index (χ1n) is 10.1. The van der Waals surface area contributed by atoms with Crippen LogP contribution < -0.4 is 20.7 Å². The molecule has 1 aliphatic rings. The Bertz CT molecular complexity index is 1110. The number of piperidine rings is 1. The highest BCUT2D eigenvalue weighted by Gasteiger charge is 2.24. The maximum absolute atomic E-state index is 13.7. The fourth-order valence-corrected chi connectivity index (χ4v) is 3.69. The Morgan fingerprint density at radius 1 is 1.10 bits per heavy atom. The largest absolute Gasteiger partial charge is 0.481 e. The normalized spacial score (nSPS) is 14.4. The van der Waals surface area contributed by atoms with Crippen LogP contribution in [-0.2, 0) is 9.59 Å². The highest BCUT2D eigenvalue weighted by atomic mass is 19.1. The Balaban J connectivity index is 1.47. The fourth-order valence-electron chi connectivity index (χ4n) is 3.69. The summed E-state index contributed by atoms with van der Waals surface area (Å²) in [6.07, 6.45) is 1.40. The van der Waals surface area contributed by atoms with Gasteiger partial charge >= 0.3 is 0 Å². The van der Waals surface area contributed by atoms with E-state index in [0.717, 1.165) is 11.2 Å². The number of pyridine rings is 1.